The van der Waals surface area contributed by atoms with Gasteiger partial charge in [-0.15, -0.1) is 0 Å². The van der Waals surface area contributed by atoms with Crippen LogP contribution in [0.5, 0.6) is 0 Å². The third kappa shape index (κ3) is 2.69. The zero-order valence-corrected chi connectivity index (χ0v) is 21.3. The lowest BCUT2D eigenvalue weighted by Gasteiger charge is -2.39. The second-order valence-corrected chi connectivity index (χ2v) is 14.9. The Labute approximate surface area is 196 Å². The van der Waals surface area contributed by atoms with Crippen LogP contribution in [0.3, 0.4) is 0 Å². The Bertz CT molecular complexity index is 1590. The first-order valence-electron chi connectivity index (χ1n) is 11.8. The van der Waals surface area contributed by atoms with E-state index in [4.69, 9.17) is 4.42 Å². The van der Waals surface area contributed by atoms with Crippen molar-refractivity contribution in [3.8, 4) is 11.3 Å². The molecular weight excluding hydrogens is 418 g/mol. The lowest BCUT2D eigenvalue weighted by Crippen LogP contribution is -2.61. The second-order valence-electron chi connectivity index (χ2n) is 10.6. The third-order valence-corrected chi connectivity index (χ3v) is 11.3. The number of hydrogen-bond acceptors (Lipinski definition) is 1. The van der Waals surface area contributed by atoms with E-state index in [0.29, 0.717) is 0 Å². The van der Waals surface area contributed by atoms with Gasteiger partial charge < -0.3 is 4.42 Å². The number of nitrogens with zero attached hydrogens (tertiary/aromatic N) is 1. The van der Waals surface area contributed by atoms with Gasteiger partial charge >= 0.3 is 0 Å². The predicted octanol–water partition coefficient (Wildman–Crippen LogP) is 5.85. The average molecular weight is 449 g/mol. The minimum atomic E-state index is -1.93. The van der Waals surface area contributed by atoms with Gasteiger partial charge in [-0.1, -0.05) is 72.9 Å². The molecule has 0 atom stereocenters. The molecule has 2 aromatic heterocycles. The first-order valence-corrected chi connectivity index (χ1v) is 14.8. The standard InChI is InChI=1S/C30H30NOSi/c1-19-15-16-22-27(26(19)24-17-20-11-7-8-12-21(20)18-31(24)4)32-29-28(22)33(5,6)25-14-10-9-13-23(25)30(29,2)3/h7-18H,1-6H3/q+1. The van der Waals surface area contributed by atoms with Crippen molar-refractivity contribution in [2.75, 3.05) is 0 Å². The first-order chi connectivity index (χ1) is 15.7. The minimum absolute atomic E-state index is 0.162. The van der Waals surface area contributed by atoms with Crippen molar-refractivity contribution < 1.29 is 8.98 Å². The van der Waals surface area contributed by atoms with Crippen LogP contribution in [0.2, 0.25) is 13.1 Å². The Kier molecular flexibility index (Phi) is 4.13. The SMILES string of the molecule is Cc1ccc2c3c(oc2c1-c1cc2ccccc2c[n+]1C)C(C)(C)c1ccccc1[Si]3(C)C. The molecule has 0 bridgehead atoms. The molecule has 5 aromatic rings. The molecule has 0 N–H and O–H groups in total. The van der Waals surface area contributed by atoms with E-state index < -0.39 is 8.07 Å². The summed E-state index contributed by atoms with van der Waals surface area (Å²) in [5, 5.41) is 6.78. The highest BCUT2D eigenvalue weighted by molar-refractivity contribution is 7.02. The molecule has 0 spiro atoms. The fraction of sp³-hybridized carbons (Fsp3) is 0.233. The molecule has 1 aliphatic rings. The summed E-state index contributed by atoms with van der Waals surface area (Å²) >= 11 is 0. The van der Waals surface area contributed by atoms with Gasteiger partial charge in [0.15, 0.2) is 6.20 Å². The molecule has 1 aliphatic heterocycles. The Morgan fingerprint density at radius 3 is 2.36 bits per heavy atom. The van der Waals surface area contributed by atoms with E-state index in [0.717, 1.165) is 11.3 Å². The zero-order valence-electron chi connectivity index (χ0n) is 20.3. The fourth-order valence-corrected chi connectivity index (χ4v) is 9.66. The molecule has 164 valence electrons. The van der Waals surface area contributed by atoms with Gasteiger partial charge in [0, 0.05) is 22.3 Å². The van der Waals surface area contributed by atoms with Crippen molar-refractivity contribution in [2.45, 2.75) is 39.3 Å². The van der Waals surface area contributed by atoms with Gasteiger partial charge in [0.05, 0.1) is 5.56 Å². The highest BCUT2D eigenvalue weighted by Crippen LogP contribution is 2.42. The van der Waals surface area contributed by atoms with Gasteiger partial charge in [0.1, 0.15) is 26.5 Å². The molecule has 0 unspecified atom stereocenters. The molecular formula is C30H30NOSi+. The van der Waals surface area contributed by atoms with E-state index in [9.17, 15) is 0 Å². The largest absolute Gasteiger partial charge is 0.459 e. The zero-order chi connectivity index (χ0) is 23.1. The number of aromatic nitrogens is 1. The maximum Gasteiger partial charge on any atom is 0.216 e. The van der Waals surface area contributed by atoms with Crippen molar-refractivity contribution >= 4 is 40.2 Å². The topological polar surface area (TPSA) is 17.0 Å². The summed E-state index contributed by atoms with van der Waals surface area (Å²) in [6.45, 7) is 11.8. The maximum absolute atomic E-state index is 6.95. The molecule has 0 amide bonds. The normalized spacial score (nSPS) is 16.1. The summed E-state index contributed by atoms with van der Waals surface area (Å²) in [5.41, 5.74) is 5.94. The molecule has 3 aromatic carbocycles. The lowest BCUT2D eigenvalue weighted by atomic mass is 9.81. The van der Waals surface area contributed by atoms with E-state index in [1.807, 2.05) is 0 Å². The van der Waals surface area contributed by atoms with E-state index in [-0.39, 0.29) is 5.41 Å². The summed E-state index contributed by atoms with van der Waals surface area (Å²) in [6, 6.07) is 24.5. The van der Waals surface area contributed by atoms with Gasteiger partial charge in [-0.2, -0.15) is 0 Å². The molecule has 6 rings (SSSR count). The van der Waals surface area contributed by atoms with Crippen LogP contribution in [-0.2, 0) is 12.5 Å². The number of fused-ring (bicyclic) bond motifs is 5. The van der Waals surface area contributed by atoms with Crippen LogP contribution in [0.4, 0.5) is 0 Å². The van der Waals surface area contributed by atoms with Gasteiger partial charge in [0.25, 0.3) is 0 Å². The number of hydrogen-bond donors (Lipinski definition) is 0. The van der Waals surface area contributed by atoms with Crippen LogP contribution in [0.1, 0.15) is 30.7 Å². The fourth-order valence-electron chi connectivity index (χ4n) is 6.00. The quantitative estimate of drug-likeness (QED) is 0.232. The number of aryl methyl sites for hydroxylation is 2. The van der Waals surface area contributed by atoms with E-state index in [1.165, 1.54) is 48.9 Å². The van der Waals surface area contributed by atoms with Gasteiger partial charge in [-0.05, 0) is 48.5 Å². The van der Waals surface area contributed by atoms with Gasteiger partial charge in [-0.25, -0.2) is 4.57 Å². The van der Waals surface area contributed by atoms with Gasteiger partial charge in [-0.3, -0.25) is 0 Å². The number of rotatable bonds is 1. The molecule has 0 saturated carbocycles. The average Bonchev–Trinajstić information content (AvgIpc) is 3.20. The molecule has 3 heteroatoms. The first kappa shape index (κ1) is 20.4. The van der Waals surface area contributed by atoms with Gasteiger partial charge in [0.2, 0.25) is 5.69 Å². The Balaban J connectivity index is 1.72. The number of pyridine rings is 1. The summed E-state index contributed by atoms with van der Waals surface area (Å²) in [7, 11) is 0.208. The van der Waals surface area contributed by atoms with Crippen LogP contribution in [0.25, 0.3) is 33.0 Å². The molecule has 0 saturated heterocycles. The van der Waals surface area contributed by atoms with Crippen LogP contribution in [0.15, 0.2) is 77.3 Å². The number of benzene rings is 3. The highest BCUT2D eigenvalue weighted by Gasteiger charge is 2.47. The molecule has 3 heterocycles. The monoisotopic (exact) mass is 448 g/mol. The van der Waals surface area contributed by atoms with Crippen LogP contribution in [0, 0.1) is 6.92 Å². The van der Waals surface area contributed by atoms with Crippen molar-refractivity contribution in [1.29, 1.82) is 0 Å². The lowest BCUT2D eigenvalue weighted by molar-refractivity contribution is -0.659. The molecule has 0 aliphatic carbocycles. The summed E-state index contributed by atoms with van der Waals surface area (Å²) < 4.78 is 9.20. The van der Waals surface area contributed by atoms with Crippen molar-refractivity contribution in [3.05, 3.63) is 89.8 Å². The highest BCUT2D eigenvalue weighted by atomic mass is 28.3. The third-order valence-electron chi connectivity index (χ3n) is 7.79. The van der Waals surface area contributed by atoms with E-state index in [1.54, 1.807) is 0 Å². The van der Waals surface area contributed by atoms with Crippen LogP contribution >= 0.6 is 0 Å². The van der Waals surface area contributed by atoms with Crippen LogP contribution < -0.4 is 14.9 Å². The summed E-state index contributed by atoms with van der Waals surface area (Å²) in [6.07, 6.45) is 2.23. The van der Waals surface area contributed by atoms with Crippen LogP contribution in [-0.4, -0.2) is 8.07 Å². The molecule has 0 radical (unpaired) electrons. The molecule has 0 fully saturated rings. The van der Waals surface area contributed by atoms with E-state index >= 15 is 0 Å². The van der Waals surface area contributed by atoms with E-state index in [2.05, 4.69) is 118 Å². The smallest absolute Gasteiger partial charge is 0.216 e. The number of furan rings is 1. The predicted molar refractivity (Wildman–Crippen MR) is 140 cm³/mol. The van der Waals surface area contributed by atoms with Crippen molar-refractivity contribution in [3.63, 3.8) is 0 Å². The Hall–Kier alpha value is -3.17. The van der Waals surface area contributed by atoms with Crippen molar-refractivity contribution in [1.82, 2.24) is 0 Å². The summed E-state index contributed by atoms with van der Waals surface area (Å²) in [5.74, 6) is 1.16. The minimum Gasteiger partial charge on any atom is -0.459 e. The second kappa shape index (κ2) is 6.68. The maximum atomic E-state index is 6.95. The van der Waals surface area contributed by atoms with Crippen molar-refractivity contribution in [2.24, 2.45) is 7.05 Å². The molecule has 2 nitrogen and oxygen atoms in total. The Morgan fingerprint density at radius 1 is 0.879 bits per heavy atom. The Morgan fingerprint density at radius 2 is 1.58 bits per heavy atom. The molecule has 33 heavy (non-hydrogen) atoms. The summed E-state index contributed by atoms with van der Waals surface area (Å²) in [4.78, 5) is 0.